The molecule has 1 aromatic carbocycles. The van der Waals surface area contributed by atoms with Gasteiger partial charge in [0.2, 0.25) is 0 Å². The first-order valence-corrected chi connectivity index (χ1v) is 5.08. The molecule has 2 rings (SSSR count). The summed E-state index contributed by atoms with van der Waals surface area (Å²) in [4.78, 5) is 10.2. The quantitative estimate of drug-likeness (QED) is 0.666. The Morgan fingerprint density at radius 2 is 2.00 bits per heavy atom. The van der Waals surface area contributed by atoms with Gasteiger partial charge in [-0.05, 0) is 37.0 Å². The molecule has 1 aliphatic carbocycles. The van der Waals surface area contributed by atoms with Crippen molar-refractivity contribution in [2.75, 3.05) is 0 Å². The van der Waals surface area contributed by atoms with Crippen molar-refractivity contribution >= 4 is 6.29 Å². The van der Waals surface area contributed by atoms with Crippen molar-refractivity contribution in [3.05, 3.63) is 29.8 Å². The molecular weight excluding hydrogens is 176 g/mol. The lowest BCUT2D eigenvalue weighted by Crippen LogP contribution is -1.95. The molecule has 0 amide bonds. The fraction of sp³-hybridized carbons (Fsp3) is 0.417. The van der Waals surface area contributed by atoms with Crippen LogP contribution in [0.4, 0.5) is 0 Å². The van der Waals surface area contributed by atoms with E-state index in [2.05, 4.69) is 0 Å². The van der Waals surface area contributed by atoms with Crippen LogP contribution in [0.15, 0.2) is 24.3 Å². The van der Waals surface area contributed by atoms with E-state index in [9.17, 15) is 4.79 Å². The maximum atomic E-state index is 10.2. The van der Waals surface area contributed by atoms with Gasteiger partial charge in [0.1, 0.15) is 12.0 Å². The summed E-state index contributed by atoms with van der Waals surface area (Å²) in [6, 6.07) is 8.03. The summed E-state index contributed by atoms with van der Waals surface area (Å²) < 4.78 is 5.62. The minimum Gasteiger partial charge on any atom is -0.490 e. The average molecular weight is 190 g/mol. The van der Waals surface area contributed by atoms with Gasteiger partial charge >= 0.3 is 0 Å². The molecule has 1 fully saturated rings. The monoisotopic (exact) mass is 190 g/mol. The topological polar surface area (TPSA) is 26.3 Å². The number of aryl methyl sites for hydroxylation is 1. The molecule has 2 nitrogen and oxygen atoms in total. The Labute approximate surface area is 83.9 Å². The van der Waals surface area contributed by atoms with Gasteiger partial charge in [-0.15, -0.1) is 0 Å². The van der Waals surface area contributed by atoms with Crippen LogP contribution in [-0.4, -0.2) is 12.4 Å². The predicted octanol–water partition coefficient (Wildman–Crippen LogP) is 2.36. The molecule has 0 radical (unpaired) electrons. The lowest BCUT2D eigenvalue weighted by molar-refractivity contribution is -0.107. The second-order valence-electron chi connectivity index (χ2n) is 3.67. The fourth-order valence-electron chi connectivity index (χ4n) is 1.34. The highest BCUT2D eigenvalue weighted by molar-refractivity contribution is 5.50. The van der Waals surface area contributed by atoms with Crippen LogP contribution >= 0.6 is 0 Å². The summed E-state index contributed by atoms with van der Waals surface area (Å²) >= 11 is 0. The molecule has 2 heteroatoms. The van der Waals surface area contributed by atoms with Gasteiger partial charge in [-0.1, -0.05) is 12.1 Å². The number of carbonyl (C=O) groups excluding carboxylic acids is 1. The van der Waals surface area contributed by atoms with Crippen molar-refractivity contribution < 1.29 is 9.53 Å². The molecule has 0 aliphatic heterocycles. The molecule has 1 aromatic rings. The molecule has 0 N–H and O–H groups in total. The SMILES string of the molecule is O=CCCc1ccc(OC2CC2)cc1. The zero-order valence-corrected chi connectivity index (χ0v) is 8.11. The first-order chi connectivity index (χ1) is 6.88. The number of rotatable bonds is 5. The molecule has 0 bridgehead atoms. The van der Waals surface area contributed by atoms with E-state index < -0.39 is 0 Å². The zero-order valence-electron chi connectivity index (χ0n) is 8.11. The number of hydrogen-bond donors (Lipinski definition) is 0. The van der Waals surface area contributed by atoms with Gasteiger partial charge in [-0.2, -0.15) is 0 Å². The summed E-state index contributed by atoms with van der Waals surface area (Å²) in [5, 5.41) is 0. The second kappa shape index (κ2) is 4.27. The van der Waals surface area contributed by atoms with Crippen LogP contribution in [-0.2, 0) is 11.2 Å². The molecule has 0 atom stereocenters. The van der Waals surface area contributed by atoms with Crippen LogP contribution in [0.25, 0.3) is 0 Å². The van der Waals surface area contributed by atoms with Crippen LogP contribution in [0.5, 0.6) is 5.75 Å². The highest BCUT2D eigenvalue weighted by atomic mass is 16.5. The van der Waals surface area contributed by atoms with Gasteiger partial charge in [0.25, 0.3) is 0 Å². The molecule has 14 heavy (non-hydrogen) atoms. The number of carbonyl (C=O) groups is 1. The average Bonchev–Trinajstić information content (AvgIpc) is 3.01. The lowest BCUT2D eigenvalue weighted by atomic mass is 10.1. The highest BCUT2D eigenvalue weighted by Gasteiger charge is 2.23. The standard InChI is InChI=1S/C12H14O2/c13-9-1-2-10-3-5-11(6-4-10)14-12-7-8-12/h3-6,9,12H,1-2,7-8H2. The predicted molar refractivity (Wildman–Crippen MR) is 54.5 cm³/mol. The Hall–Kier alpha value is -1.31. The van der Waals surface area contributed by atoms with Gasteiger partial charge in [0.15, 0.2) is 0 Å². The van der Waals surface area contributed by atoms with E-state index in [0.29, 0.717) is 12.5 Å². The molecule has 0 unspecified atom stereocenters. The second-order valence-corrected chi connectivity index (χ2v) is 3.67. The molecule has 0 saturated heterocycles. The summed E-state index contributed by atoms with van der Waals surface area (Å²) in [5.74, 6) is 0.947. The number of hydrogen-bond acceptors (Lipinski definition) is 2. The first kappa shape index (κ1) is 9.25. The lowest BCUT2D eigenvalue weighted by Gasteiger charge is -2.04. The Balaban J connectivity index is 1.90. The Morgan fingerprint density at radius 1 is 1.29 bits per heavy atom. The first-order valence-electron chi connectivity index (χ1n) is 5.08. The number of ether oxygens (including phenoxy) is 1. The van der Waals surface area contributed by atoms with E-state index in [1.54, 1.807) is 0 Å². The van der Waals surface area contributed by atoms with E-state index in [1.165, 1.54) is 18.4 Å². The molecule has 0 heterocycles. The normalized spacial score (nSPS) is 15.1. The largest absolute Gasteiger partial charge is 0.490 e. The van der Waals surface area contributed by atoms with E-state index in [-0.39, 0.29) is 0 Å². The van der Waals surface area contributed by atoms with Crippen molar-refractivity contribution in [2.24, 2.45) is 0 Å². The zero-order chi connectivity index (χ0) is 9.80. The van der Waals surface area contributed by atoms with Gasteiger partial charge in [-0.3, -0.25) is 0 Å². The Morgan fingerprint density at radius 3 is 2.57 bits per heavy atom. The minimum atomic E-state index is 0.454. The third-order valence-corrected chi connectivity index (χ3v) is 2.30. The van der Waals surface area contributed by atoms with Crippen LogP contribution < -0.4 is 4.74 Å². The van der Waals surface area contributed by atoms with Gasteiger partial charge in [0, 0.05) is 6.42 Å². The molecular formula is C12H14O2. The van der Waals surface area contributed by atoms with Crippen molar-refractivity contribution in [3.8, 4) is 5.75 Å². The third-order valence-electron chi connectivity index (χ3n) is 2.30. The summed E-state index contributed by atoms with van der Waals surface area (Å²) in [7, 11) is 0. The highest BCUT2D eigenvalue weighted by Crippen LogP contribution is 2.26. The molecule has 1 aliphatic rings. The van der Waals surface area contributed by atoms with E-state index in [4.69, 9.17) is 4.74 Å². The smallest absolute Gasteiger partial charge is 0.120 e. The maximum Gasteiger partial charge on any atom is 0.120 e. The molecule has 74 valence electrons. The van der Waals surface area contributed by atoms with Gasteiger partial charge < -0.3 is 9.53 Å². The maximum absolute atomic E-state index is 10.2. The van der Waals surface area contributed by atoms with Crippen LogP contribution in [0.2, 0.25) is 0 Å². The molecule has 1 saturated carbocycles. The van der Waals surface area contributed by atoms with Crippen LogP contribution in [0.1, 0.15) is 24.8 Å². The Bertz CT molecular complexity index is 299. The van der Waals surface area contributed by atoms with Crippen molar-refractivity contribution in [1.82, 2.24) is 0 Å². The third kappa shape index (κ3) is 2.59. The van der Waals surface area contributed by atoms with E-state index in [1.807, 2.05) is 24.3 Å². The van der Waals surface area contributed by atoms with Crippen molar-refractivity contribution in [3.63, 3.8) is 0 Å². The number of aldehydes is 1. The minimum absolute atomic E-state index is 0.454. The van der Waals surface area contributed by atoms with E-state index in [0.717, 1.165) is 18.5 Å². The molecule has 0 aromatic heterocycles. The van der Waals surface area contributed by atoms with E-state index >= 15 is 0 Å². The summed E-state index contributed by atoms with van der Waals surface area (Å²) in [6.45, 7) is 0. The summed E-state index contributed by atoms with van der Waals surface area (Å²) in [6.07, 6.45) is 5.21. The van der Waals surface area contributed by atoms with Gasteiger partial charge in [-0.25, -0.2) is 0 Å². The number of benzene rings is 1. The van der Waals surface area contributed by atoms with Crippen LogP contribution in [0.3, 0.4) is 0 Å². The van der Waals surface area contributed by atoms with Gasteiger partial charge in [0.05, 0.1) is 6.10 Å². The fourth-order valence-corrected chi connectivity index (χ4v) is 1.34. The summed E-state index contributed by atoms with van der Waals surface area (Å²) in [5.41, 5.74) is 1.19. The molecule has 0 spiro atoms. The Kier molecular flexibility index (Phi) is 2.82. The van der Waals surface area contributed by atoms with Crippen molar-refractivity contribution in [1.29, 1.82) is 0 Å². The van der Waals surface area contributed by atoms with Crippen LogP contribution in [0, 0.1) is 0 Å². The van der Waals surface area contributed by atoms with Crippen molar-refractivity contribution in [2.45, 2.75) is 31.8 Å².